The van der Waals surface area contributed by atoms with E-state index in [0.29, 0.717) is 5.82 Å². The van der Waals surface area contributed by atoms with Crippen molar-refractivity contribution in [3.63, 3.8) is 0 Å². The van der Waals surface area contributed by atoms with Crippen LogP contribution in [0.15, 0.2) is 36.5 Å². The lowest BCUT2D eigenvalue weighted by atomic mass is 10.3. The van der Waals surface area contributed by atoms with Gasteiger partial charge in [0.15, 0.2) is 5.69 Å². The Morgan fingerprint density at radius 1 is 1.23 bits per heavy atom. The van der Waals surface area contributed by atoms with Gasteiger partial charge in [0.25, 0.3) is 5.91 Å². The number of rotatable bonds is 3. The Morgan fingerprint density at radius 2 is 2.05 bits per heavy atom. The zero-order valence-electron chi connectivity index (χ0n) is 12.0. The second-order valence-corrected chi connectivity index (χ2v) is 4.94. The van der Waals surface area contributed by atoms with E-state index in [4.69, 9.17) is 0 Å². The first-order chi connectivity index (χ1) is 10.7. The molecule has 7 nitrogen and oxygen atoms in total. The third-order valence-corrected chi connectivity index (χ3v) is 3.42. The van der Waals surface area contributed by atoms with Gasteiger partial charge in [-0.15, -0.1) is 0 Å². The van der Waals surface area contributed by atoms with Crippen LogP contribution in [0.1, 0.15) is 10.5 Å². The molecule has 1 saturated heterocycles. The molecule has 0 radical (unpaired) electrons. The van der Waals surface area contributed by atoms with Crippen molar-refractivity contribution in [3.05, 3.63) is 42.2 Å². The van der Waals surface area contributed by atoms with Gasteiger partial charge in [-0.1, -0.05) is 6.07 Å². The number of hydrogen-bond acceptors (Lipinski definition) is 6. The fraction of sp³-hybridized carbons (Fsp3) is 0.267. The van der Waals surface area contributed by atoms with Gasteiger partial charge in [0.05, 0.1) is 0 Å². The molecule has 3 rings (SSSR count). The van der Waals surface area contributed by atoms with Crippen molar-refractivity contribution >= 4 is 17.5 Å². The number of piperazine rings is 1. The first-order valence-electron chi connectivity index (χ1n) is 7.12. The van der Waals surface area contributed by atoms with E-state index in [1.807, 2.05) is 12.1 Å². The number of hydrogen-bond donors (Lipinski definition) is 3. The number of carbonyl (C=O) groups excluding carboxylic acids is 1. The molecule has 114 valence electrons. The van der Waals surface area contributed by atoms with Crippen molar-refractivity contribution < 1.29 is 9.90 Å². The van der Waals surface area contributed by atoms with Gasteiger partial charge in [-0.2, -0.15) is 0 Å². The molecule has 2 aromatic rings. The van der Waals surface area contributed by atoms with Crippen molar-refractivity contribution in [2.75, 3.05) is 36.4 Å². The maximum atomic E-state index is 12.1. The van der Waals surface area contributed by atoms with Crippen LogP contribution < -0.4 is 15.5 Å². The highest BCUT2D eigenvalue weighted by molar-refractivity contribution is 6.04. The Kier molecular flexibility index (Phi) is 4.15. The molecule has 0 unspecified atom stereocenters. The Morgan fingerprint density at radius 3 is 2.82 bits per heavy atom. The van der Waals surface area contributed by atoms with E-state index >= 15 is 0 Å². The molecule has 0 bridgehead atoms. The molecule has 0 saturated carbocycles. The quantitative estimate of drug-likeness (QED) is 0.778. The van der Waals surface area contributed by atoms with E-state index in [1.54, 1.807) is 12.1 Å². The van der Waals surface area contributed by atoms with E-state index < -0.39 is 5.91 Å². The minimum atomic E-state index is -0.483. The van der Waals surface area contributed by atoms with Gasteiger partial charge in [0.2, 0.25) is 0 Å². The number of amides is 1. The Labute approximate surface area is 128 Å². The van der Waals surface area contributed by atoms with Gasteiger partial charge < -0.3 is 20.6 Å². The second kappa shape index (κ2) is 6.40. The number of pyridine rings is 2. The fourth-order valence-electron chi connectivity index (χ4n) is 2.31. The van der Waals surface area contributed by atoms with Crippen LogP contribution in [-0.4, -0.2) is 47.2 Å². The van der Waals surface area contributed by atoms with Crippen LogP contribution in [0.3, 0.4) is 0 Å². The summed E-state index contributed by atoms with van der Waals surface area (Å²) in [5.74, 6) is 0.622. The van der Waals surface area contributed by atoms with Crippen molar-refractivity contribution in [1.82, 2.24) is 15.3 Å². The van der Waals surface area contributed by atoms with Gasteiger partial charge in [0.1, 0.15) is 17.4 Å². The van der Waals surface area contributed by atoms with Crippen molar-refractivity contribution in [2.24, 2.45) is 0 Å². The lowest BCUT2D eigenvalue weighted by molar-refractivity contribution is 0.101. The number of carbonyl (C=O) groups is 1. The first-order valence-corrected chi connectivity index (χ1v) is 7.12. The van der Waals surface area contributed by atoms with Crippen molar-refractivity contribution in [1.29, 1.82) is 0 Å². The molecule has 0 aromatic carbocycles. The summed E-state index contributed by atoms with van der Waals surface area (Å²) in [5, 5.41) is 15.6. The Balaban J connectivity index is 1.75. The molecule has 0 aliphatic carbocycles. The molecule has 1 aliphatic rings. The molecular weight excluding hydrogens is 282 g/mol. The molecule has 3 heterocycles. The van der Waals surface area contributed by atoms with Crippen LogP contribution in [0.25, 0.3) is 0 Å². The molecular formula is C15H17N5O2. The predicted octanol–water partition coefficient (Wildman–Crippen LogP) is 0.844. The zero-order valence-corrected chi connectivity index (χ0v) is 12.0. The predicted molar refractivity (Wildman–Crippen MR) is 83.2 cm³/mol. The van der Waals surface area contributed by atoms with Crippen LogP contribution >= 0.6 is 0 Å². The van der Waals surface area contributed by atoms with Gasteiger partial charge in [-0.05, 0) is 24.3 Å². The van der Waals surface area contributed by atoms with Crippen molar-refractivity contribution in [2.45, 2.75) is 0 Å². The number of anilines is 2. The summed E-state index contributed by atoms with van der Waals surface area (Å²) in [6, 6.07) is 8.46. The fourth-order valence-corrected chi connectivity index (χ4v) is 2.31. The third-order valence-electron chi connectivity index (χ3n) is 3.42. The van der Waals surface area contributed by atoms with E-state index in [1.165, 1.54) is 12.3 Å². The third kappa shape index (κ3) is 3.15. The molecule has 0 atom stereocenters. The van der Waals surface area contributed by atoms with Crippen LogP contribution in [0.4, 0.5) is 11.6 Å². The molecule has 1 amide bonds. The number of nitrogens with one attached hydrogen (secondary N) is 2. The Hall–Kier alpha value is -2.67. The topological polar surface area (TPSA) is 90.4 Å². The van der Waals surface area contributed by atoms with E-state index in [0.717, 1.165) is 32.0 Å². The summed E-state index contributed by atoms with van der Waals surface area (Å²) in [6.07, 6.45) is 1.46. The second-order valence-electron chi connectivity index (χ2n) is 4.94. The summed E-state index contributed by atoms with van der Waals surface area (Å²) in [4.78, 5) is 22.6. The molecule has 7 heteroatoms. The SMILES string of the molecule is O=C(Nc1cccc(N2CCNCC2)n1)c1ncccc1O. The zero-order chi connectivity index (χ0) is 15.4. The van der Waals surface area contributed by atoms with E-state index in [9.17, 15) is 9.90 Å². The minimum absolute atomic E-state index is 0.0168. The molecule has 1 aliphatic heterocycles. The highest BCUT2D eigenvalue weighted by Crippen LogP contribution is 2.17. The van der Waals surface area contributed by atoms with Gasteiger partial charge in [-0.25, -0.2) is 9.97 Å². The van der Waals surface area contributed by atoms with Crippen LogP contribution in [-0.2, 0) is 0 Å². The minimum Gasteiger partial charge on any atom is -0.505 e. The van der Waals surface area contributed by atoms with Crippen LogP contribution in [0.2, 0.25) is 0 Å². The van der Waals surface area contributed by atoms with E-state index in [2.05, 4.69) is 25.5 Å². The highest BCUT2D eigenvalue weighted by Gasteiger charge is 2.15. The largest absolute Gasteiger partial charge is 0.505 e. The molecule has 0 spiro atoms. The average molecular weight is 299 g/mol. The van der Waals surface area contributed by atoms with Gasteiger partial charge in [0, 0.05) is 32.4 Å². The number of aromatic nitrogens is 2. The Bertz CT molecular complexity index is 670. The smallest absolute Gasteiger partial charge is 0.279 e. The number of nitrogens with zero attached hydrogens (tertiary/aromatic N) is 3. The summed E-state index contributed by atoms with van der Waals surface area (Å²) < 4.78 is 0. The molecule has 22 heavy (non-hydrogen) atoms. The summed E-state index contributed by atoms with van der Waals surface area (Å²) >= 11 is 0. The maximum absolute atomic E-state index is 12.1. The summed E-state index contributed by atoms with van der Waals surface area (Å²) in [5.41, 5.74) is -0.0168. The molecule has 3 N–H and O–H groups in total. The van der Waals surface area contributed by atoms with Gasteiger partial charge >= 0.3 is 0 Å². The molecule has 2 aromatic heterocycles. The monoisotopic (exact) mass is 299 g/mol. The first kappa shape index (κ1) is 14.3. The van der Waals surface area contributed by atoms with Crippen LogP contribution in [0.5, 0.6) is 5.75 Å². The highest BCUT2D eigenvalue weighted by atomic mass is 16.3. The van der Waals surface area contributed by atoms with Crippen molar-refractivity contribution in [3.8, 4) is 5.75 Å². The van der Waals surface area contributed by atoms with E-state index in [-0.39, 0.29) is 11.4 Å². The lowest BCUT2D eigenvalue weighted by Crippen LogP contribution is -2.43. The standard InChI is InChI=1S/C15H17N5O2/c21-11-3-2-6-17-14(11)15(22)19-12-4-1-5-13(18-12)20-9-7-16-8-10-20/h1-6,16,21H,7-10H2,(H,18,19,22). The normalized spacial score (nSPS) is 14.6. The molecule has 1 fully saturated rings. The average Bonchev–Trinajstić information content (AvgIpc) is 2.56. The van der Waals surface area contributed by atoms with Gasteiger partial charge in [-0.3, -0.25) is 4.79 Å². The summed E-state index contributed by atoms with van der Waals surface area (Å²) in [6.45, 7) is 3.59. The number of aromatic hydroxyl groups is 1. The lowest BCUT2D eigenvalue weighted by Gasteiger charge is -2.28. The summed E-state index contributed by atoms with van der Waals surface area (Å²) in [7, 11) is 0. The maximum Gasteiger partial charge on any atom is 0.279 e. The van der Waals surface area contributed by atoms with Crippen LogP contribution in [0, 0.1) is 0 Å².